The monoisotopic (exact) mass is 461 g/mol. The lowest BCUT2D eigenvalue weighted by Crippen LogP contribution is -2.35. The molecule has 32 heavy (non-hydrogen) atoms. The first-order chi connectivity index (χ1) is 15.4. The fourth-order valence-electron chi connectivity index (χ4n) is 3.49. The third kappa shape index (κ3) is 5.73. The Morgan fingerprint density at radius 1 is 1.09 bits per heavy atom. The van der Waals surface area contributed by atoms with Crippen LogP contribution in [0.4, 0.5) is 18.9 Å². The second-order valence-corrected chi connectivity index (χ2v) is 8.36. The number of morpholine rings is 1. The molecule has 9 heteroatoms. The number of hydrogen-bond donors (Lipinski definition) is 1. The number of ether oxygens (including phenoxy) is 1. The summed E-state index contributed by atoms with van der Waals surface area (Å²) in [6, 6.07) is 13.0. The van der Waals surface area contributed by atoms with Gasteiger partial charge in [-0.25, -0.2) is 4.98 Å². The van der Waals surface area contributed by atoms with Crippen molar-refractivity contribution in [3.05, 3.63) is 70.7 Å². The standard InChI is InChI=1S/C23H22F3N3O2S/c24-23(25,26)19-3-1-2-4-20(19)28-21(30)13-18-15-32-22(27-18)17-7-5-16(6-8-17)14-29-9-11-31-12-10-29/h1-8,15H,9-14H2,(H,28,30). The zero-order valence-electron chi connectivity index (χ0n) is 17.2. The minimum Gasteiger partial charge on any atom is -0.379 e. The second-order valence-electron chi connectivity index (χ2n) is 7.50. The number of benzene rings is 2. The lowest BCUT2D eigenvalue weighted by atomic mass is 10.1. The molecule has 0 saturated carbocycles. The van der Waals surface area contributed by atoms with Crippen molar-refractivity contribution >= 4 is 22.9 Å². The lowest BCUT2D eigenvalue weighted by molar-refractivity contribution is -0.137. The number of nitrogens with zero attached hydrogens (tertiary/aromatic N) is 2. The molecule has 2 aromatic carbocycles. The van der Waals surface area contributed by atoms with E-state index in [0.717, 1.165) is 49.5 Å². The van der Waals surface area contributed by atoms with Crippen LogP contribution in [0, 0.1) is 0 Å². The average Bonchev–Trinajstić information content (AvgIpc) is 3.23. The van der Waals surface area contributed by atoms with Crippen molar-refractivity contribution in [1.82, 2.24) is 9.88 Å². The van der Waals surface area contributed by atoms with Crippen LogP contribution in [-0.2, 0) is 28.7 Å². The van der Waals surface area contributed by atoms with E-state index in [4.69, 9.17) is 4.74 Å². The quantitative estimate of drug-likeness (QED) is 0.571. The molecule has 0 aliphatic carbocycles. The van der Waals surface area contributed by atoms with Gasteiger partial charge in [-0.15, -0.1) is 11.3 Å². The Hall–Kier alpha value is -2.75. The molecule has 0 atom stereocenters. The lowest BCUT2D eigenvalue weighted by Gasteiger charge is -2.26. The van der Waals surface area contributed by atoms with E-state index in [1.807, 2.05) is 12.1 Å². The first-order valence-corrected chi connectivity index (χ1v) is 11.1. The number of carbonyl (C=O) groups excluding carboxylic acids is 1. The summed E-state index contributed by atoms with van der Waals surface area (Å²) in [5, 5.41) is 4.87. The minimum atomic E-state index is -4.54. The highest BCUT2D eigenvalue weighted by molar-refractivity contribution is 7.13. The molecule has 1 aliphatic heterocycles. The van der Waals surface area contributed by atoms with E-state index in [-0.39, 0.29) is 12.1 Å². The number of anilines is 1. The summed E-state index contributed by atoms with van der Waals surface area (Å²) in [4.78, 5) is 19.1. The maximum absolute atomic E-state index is 13.1. The number of alkyl halides is 3. The van der Waals surface area contributed by atoms with Gasteiger partial charge >= 0.3 is 6.18 Å². The smallest absolute Gasteiger partial charge is 0.379 e. The second kappa shape index (κ2) is 9.81. The maximum atomic E-state index is 13.1. The normalized spacial score (nSPS) is 15.0. The fraction of sp³-hybridized carbons (Fsp3) is 0.304. The number of hydrogen-bond acceptors (Lipinski definition) is 5. The fourth-order valence-corrected chi connectivity index (χ4v) is 4.32. The van der Waals surface area contributed by atoms with Crippen LogP contribution in [0.5, 0.6) is 0 Å². The largest absolute Gasteiger partial charge is 0.418 e. The zero-order valence-corrected chi connectivity index (χ0v) is 18.0. The zero-order chi connectivity index (χ0) is 22.6. The van der Waals surface area contributed by atoms with Crippen molar-refractivity contribution in [2.75, 3.05) is 31.6 Å². The van der Waals surface area contributed by atoms with Crippen molar-refractivity contribution in [2.45, 2.75) is 19.1 Å². The van der Waals surface area contributed by atoms with Gasteiger partial charge in [0.15, 0.2) is 0 Å². The molecule has 0 bridgehead atoms. The van der Waals surface area contributed by atoms with Gasteiger partial charge in [0.1, 0.15) is 5.01 Å². The summed E-state index contributed by atoms with van der Waals surface area (Å²) in [7, 11) is 0. The Labute approximate surface area is 187 Å². The van der Waals surface area contributed by atoms with E-state index >= 15 is 0 Å². The maximum Gasteiger partial charge on any atom is 0.418 e. The molecule has 1 fully saturated rings. The Kier molecular flexibility index (Phi) is 6.88. The number of carbonyl (C=O) groups is 1. The average molecular weight is 462 g/mol. The molecule has 0 spiro atoms. The van der Waals surface area contributed by atoms with E-state index in [1.54, 1.807) is 5.38 Å². The third-order valence-corrected chi connectivity index (χ3v) is 6.05. The van der Waals surface area contributed by atoms with Crippen LogP contribution in [0.15, 0.2) is 53.9 Å². The molecule has 4 rings (SSSR count). The van der Waals surface area contributed by atoms with Gasteiger partial charge in [-0.3, -0.25) is 9.69 Å². The summed E-state index contributed by atoms with van der Waals surface area (Å²) in [5.74, 6) is -0.542. The highest BCUT2D eigenvalue weighted by atomic mass is 32.1. The molecule has 2 heterocycles. The molecule has 1 N–H and O–H groups in total. The summed E-state index contributed by atoms with van der Waals surface area (Å²) >= 11 is 1.40. The topological polar surface area (TPSA) is 54.5 Å². The SMILES string of the molecule is O=C(Cc1csc(-c2ccc(CN3CCOCC3)cc2)n1)Nc1ccccc1C(F)(F)F. The van der Waals surface area contributed by atoms with Crippen LogP contribution in [0.25, 0.3) is 10.6 Å². The van der Waals surface area contributed by atoms with Gasteiger partial charge in [-0.1, -0.05) is 36.4 Å². The van der Waals surface area contributed by atoms with Crippen LogP contribution in [0.1, 0.15) is 16.8 Å². The van der Waals surface area contributed by atoms with Gasteiger partial charge in [0.05, 0.1) is 36.6 Å². The van der Waals surface area contributed by atoms with Crippen molar-refractivity contribution in [3.8, 4) is 10.6 Å². The molecule has 168 valence electrons. The summed E-state index contributed by atoms with van der Waals surface area (Å²) in [6.07, 6.45) is -4.64. The highest BCUT2D eigenvalue weighted by Crippen LogP contribution is 2.34. The number of halogens is 3. The summed E-state index contributed by atoms with van der Waals surface area (Å²) in [5.41, 5.74) is 1.54. The van der Waals surface area contributed by atoms with Gasteiger partial charge in [0.25, 0.3) is 0 Å². The van der Waals surface area contributed by atoms with Gasteiger partial charge in [0, 0.05) is 30.6 Å². The van der Waals surface area contributed by atoms with Gasteiger partial charge < -0.3 is 10.1 Å². The molecule has 5 nitrogen and oxygen atoms in total. The number of amides is 1. The first kappa shape index (κ1) is 22.4. The van der Waals surface area contributed by atoms with E-state index in [9.17, 15) is 18.0 Å². The predicted molar refractivity (Wildman–Crippen MR) is 117 cm³/mol. The number of aromatic nitrogens is 1. The van der Waals surface area contributed by atoms with E-state index in [2.05, 4.69) is 27.3 Å². The number of para-hydroxylation sites is 1. The first-order valence-electron chi connectivity index (χ1n) is 10.2. The molecule has 1 amide bonds. The molecule has 1 aliphatic rings. The molecule has 3 aromatic rings. The molecule has 1 saturated heterocycles. The summed E-state index contributed by atoms with van der Waals surface area (Å²) < 4.78 is 44.7. The van der Waals surface area contributed by atoms with Crippen LogP contribution >= 0.6 is 11.3 Å². The van der Waals surface area contributed by atoms with E-state index in [0.29, 0.717) is 5.69 Å². The molecule has 1 aromatic heterocycles. The van der Waals surface area contributed by atoms with Gasteiger partial charge in [-0.2, -0.15) is 13.2 Å². The molecule has 0 unspecified atom stereocenters. The number of rotatable bonds is 6. The van der Waals surface area contributed by atoms with Gasteiger partial charge in [-0.05, 0) is 17.7 Å². The summed E-state index contributed by atoms with van der Waals surface area (Å²) in [6.45, 7) is 4.23. The Balaban J connectivity index is 1.37. The Morgan fingerprint density at radius 2 is 1.81 bits per heavy atom. The van der Waals surface area contributed by atoms with Crippen LogP contribution in [-0.4, -0.2) is 42.1 Å². The van der Waals surface area contributed by atoms with Gasteiger partial charge in [0.2, 0.25) is 5.91 Å². The number of nitrogens with one attached hydrogen (secondary N) is 1. The number of thiazole rings is 1. The Bertz CT molecular complexity index is 1060. The van der Waals surface area contributed by atoms with Crippen molar-refractivity contribution in [2.24, 2.45) is 0 Å². The van der Waals surface area contributed by atoms with E-state index < -0.39 is 17.6 Å². The van der Waals surface area contributed by atoms with Crippen molar-refractivity contribution < 1.29 is 22.7 Å². The van der Waals surface area contributed by atoms with Crippen molar-refractivity contribution in [1.29, 1.82) is 0 Å². The third-order valence-electron chi connectivity index (χ3n) is 5.11. The predicted octanol–water partition coefficient (Wildman–Crippen LogP) is 4.84. The molecular weight excluding hydrogens is 439 g/mol. The molecule has 0 radical (unpaired) electrons. The Morgan fingerprint density at radius 3 is 2.53 bits per heavy atom. The van der Waals surface area contributed by atoms with Crippen molar-refractivity contribution in [3.63, 3.8) is 0 Å². The van der Waals surface area contributed by atoms with Crippen LogP contribution in [0.3, 0.4) is 0 Å². The minimum absolute atomic E-state index is 0.0994. The molecular formula is C23H22F3N3O2S. The van der Waals surface area contributed by atoms with Crippen LogP contribution < -0.4 is 5.32 Å². The highest BCUT2D eigenvalue weighted by Gasteiger charge is 2.33. The van der Waals surface area contributed by atoms with Crippen LogP contribution in [0.2, 0.25) is 0 Å². The van der Waals surface area contributed by atoms with E-state index in [1.165, 1.54) is 35.1 Å².